The van der Waals surface area contributed by atoms with E-state index in [1.165, 1.54) is 0 Å². The summed E-state index contributed by atoms with van der Waals surface area (Å²) >= 11 is 0. The van der Waals surface area contributed by atoms with Crippen LogP contribution < -0.4 is 0 Å². The number of hydrogen-bond acceptors (Lipinski definition) is 3. The highest BCUT2D eigenvalue weighted by Gasteiger charge is 2.68. The minimum absolute atomic E-state index is 0.000278. The van der Waals surface area contributed by atoms with Gasteiger partial charge in [0, 0.05) is 18.7 Å². The number of carbonyl (C=O) groups is 1. The first-order valence-corrected chi connectivity index (χ1v) is 5.96. The molecule has 2 atom stereocenters. The first-order valence-electron chi connectivity index (χ1n) is 5.96. The van der Waals surface area contributed by atoms with Crippen molar-refractivity contribution < 1.29 is 9.90 Å². The number of carboxylic acid groups (broad SMARTS) is 1. The van der Waals surface area contributed by atoms with Gasteiger partial charge in [-0.25, -0.2) is 0 Å². The minimum atomic E-state index is -0.721. The number of aliphatic carboxylic acids is 1. The second-order valence-electron chi connectivity index (χ2n) is 5.78. The van der Waals surface area contributed by atoms with E-state index in [-0.39, 0.29) is 11.3 Å². The van der Waals surface area contributed by atoms with Crippen molar-refractivity contribution in [3.63, 3.8) is 0 Å². The molecular weight excluding hydrogens is 218 g/mol. The van der Waals surface area contributed by atoms with Crippen molar-refractivity contribution in [2.45, 2.75) is 46.6 Å². The van der Waals surface area contributed by atoms with Gasteiger partial charge in [-0.15, -0.1) is 5.10 Å². The van der Waals surface area contributed by atoms with E-state index >= 15 is 0 Å². The summed E-state index contributed by atoms with van der Waals surface area (Å²) in [4.78, 5) is 11.5. The maximum absolute atomic E-state index is 11.5. The van der Waals surface area contributed by atoms with E-state index in [4.69, 9.17) is 0 Å². The van der Waals surface area contributed by atoms with Crippen LogP contribution in [0.15, 0.2) is 6.20 Å². The summed E-state index contributed by atoms with van der Waals surface area (Å²) in [7, 11) is 0. The highest BCUT2D eigenvalue weighted by Crippen LogP contribution is 2.67. The molecule has 1 heterocycles. The van der Waals surface area contributed by atoms with Gasteiger partial charge in [0.05, 0.1) is 11.1 Å². The van der Waals surface area contributed by atoms with Gasteiger partial charge in [-0.3, -0.25) is 9.48 Å². The molecule has 1 aromatic rings. The Balaban J connectivity index is 2.29. The lowest BCUT2D eigenvalue weighted by Crippen LogP contribution is -2.32. The monoisotopic (exact) mass is 237 g/mol. The van der Waals surface area contributed by atoms with Crippen molar-refractivity contribution in [1.82, 2.24) is 15.0 Å². The summed E-state index contributed by atoms with van der Waals surface area (Å²) in [6.07, 6.45) is 2.52. The third kappa shape index (κ3) is 1.64. The second kappa shape index (κ2) is 3.55. The van der Waals surface area contributed by atoms with Gasteiger partial charge in [-0.2, -0.15) is 0 Å². The summed E-state index contributed by atoms with van der Waals surface area (Å²) in [5, 5.41) is 17.5. The van der Waals surface area contributed by atoms with Crippen LogP contribution in [0, 0.1) is 10.8 Å². The maximum atomic E-state index is 11.5. The molecule has 1 aromatic heterocycles. The molecule has 17 heavy (non-hydrogen) atoms. The fourth-order valence-corrected chi connectivity index (χ4v) is 2.63. The number of nitrogens with zero attached hydrogens (tertiary/aromatic N) is 3. The van der Waals surface area contributed by atoms with Crippen LogP contribution in [0.5, 0.6) is 0 Å². The minimum Gasteiger partial charge on any atom is -0.481 e. The molecule has 0 bridgehead atoms. The molecule has 0 aliphatic heterocycles. The van der Waals surface area contributed by atoms with Crippen LogP contribution in [0.25, 0.3) is 0 Å². The molecule has 0 unspecified atom stereocenters. The molecule has 1 aliphatic rings. The third-order valence-corrected chi connectivity index (χ3v) is 3.92. The number of hydrogen-bond donors (Lipinski definition) is 1. The van der Waals surface area contributed by atoms with Crippen molar-refractivity contribution in [2.24, 2.45) is 10.8 Å². The van der Waals surface area contributed by atoms with Crippen molar-refractivity contribution >= 4 is 5.97 Å². The molecule has 0 amide bonds. The van der Waals surface area contributed by atoms with E-state index in [1.54, 1.807) is 4.68 Å². The fourth-order valence-electron chi connectivity index (χ4n) is 2.63. The standard InChI is InChI=1S/C12H19N3O2/c1-5-15-7-9(13-14-15)8-6-12(8,10(16)17)11(2,3)4/h7-8H,5-6H2,1-4H3,(H,16,17)/t8-,12-/m0/s1. The number of aromatic nitrogens is 3. The molecule has 1 saturated carbocycles. The number of rotatable bonds is 3. The molecule has 0 radical (unpaired) electrons. The predicted molar refractivity (Wildman–Crippen MR) is 62.6 cm³/mol. The lowest BCUT2D eigenvalue weighted by atomic mass is 9.75. The lowest BCUT2D eigenvalue weighted by Gasteiger charge is -2.28. The van der Waals surface area contributed by atoms with Crippen LogP contribution in [0.1, 0.15) is 45.7 Å². The summed E-state index contributed by atoms with van der Waals surface area (Å²) in [6.45, 7) is 8.68. The third-order valence-electron chi connectivity index (χ3n) is 3.92. The summed E-state index contributed by atoms with van der Waals surface area (Å²) < 4.78 is 1.74. The van der Waals surface area contributed by atoms with Crippen LogP contribution >= 0.6 is 0 Å². The second-order valence-corrected chi connectivity index (χ2v) is 5.78. The lowest BCUT2D eigenvalue weighted by molar-refractivity contribution is -0.148. The summed E-state index contributed by atoms with van der Waals surface area (Å²) in [6, 6.07) is 0. The van der Waals surface area contributed by atoms with Gasteiger partial charge in [0.25, 0.3) is 0 Å². The highest BCUT2D eigenvalue weighted by molar-refractivity contribution is 5.81. The molecule has 5 heteroatoms. The zero-order chi connectivity index (χ0) is 12.8. The Kier molecular flexibility index (Phi) is 2.52. The first kappa shape index (κ1) is 12.1. The van der Waals surface area contributed by atoms with E-state index in [2.05, 4.69) is 10.3 Å². The topological polar surface area (TPSA) is 68.0 Å². The molecule has 1 N–H and O–H groups in total. The first-order chi connectivity index (χ1) is 7.83. The Hall–Kier alpha value is -1.39. The quantitative estimate of drug-likeness (QED) is 0.871. The molecule has 0 aromatic carbocycles. The van der Waals surface area contributed by atoms with Crippen molar-refractivity contribution in [3.8, 4) is 0 Å². The van der Waals surface area contributed by atoms with Gasteiger partial charge in [0.2, 0.25) is 0 Å². The normalized spacial score (nSPS) is 28.1. The average molecular weight is 237 g/mol. The molecule has 5 nitrogen and oxygen atoms in total. The largest absolute Gasteiger partial charge is 0.481 e. The van der Waals surface area contributed by atoms with Crippen LogP contribution in [0.3, 0.4) is 0 Å². The molecule has 0 saturated heterocycles. The van der Waals surface area contributed by atoms with Crippen molar-refractivity contribution in [2.75, 3.05) is 0 Å². The van der Waals surface area contributed by atoms with Crippen LogP contribution in [0.2, 0.25) is 0 Å². The van der Waals surface area contributed by atoms with Gasteiger partial charge < -0.3 is 5.11 Å². The molecule has 1 aliphatic carbocycles. The van der Waals surface area contributed by atoms with Gasteiger partial charge >= 0.3 is 5.97 Å². The SMILES string of the molecule is CCn1cc([C@@H]2C[C@]2(C(=O)O)C(C)(C)C)nn1. The molecule has 2 rings (SSSR count). The Bertz CT molecular complexity index is 447. The Labute approximate surface area is 101 Å². The zero-order valence-electron chi connectivity index (χ0n) is 10.8. The molecular formula is C12H19N3O2. The fraction of sp³-hybridized carbons (Fsp3) is 0.750. The molecule has 1 fully saturated rings. The Morgan fingerprint density at radius 1 is 1.65 bits per heavy atom. The van der Waals surface area contributed by atoms with Gasteiger partial charge in [0.15, 0.2) is 0 Å². The van der Waals surface area contributed by atoms with E-state index in [0.717, 1.165) is 12.2 Å². The highest BCUT2D eigenvalue weighted by atomic mass is 16.4. The Morgan fingerprint density at radius 2 is 2.29 bits per heavy atom. The Morgan fingerprint density at radius 3 is 2.65 bits per heavy atom. The average Bonchev–Trinajstić information content (AvgIpc) is 2.83. The maximum Gasteiger partial charge on any atom is 0.310 e. The number of carboxylic acids is 1. The van der Waals surface area contributed by atoms with E-state index in [1.807, 2.05) is 33.9 Å². The molecule has 0 spiro atoms. The van der Waals surface area contributed by atoms with Crippen molar-refractivity contribution in [3.05, 3.63) is 11.9 Å². The van der Waals surface area contributed by atoms with Gasteiger partial charge in [0.1, 0.15) is 0 Å². The van der Waals surface area contributed by atoms with Crippen LogP contribution in [-0.2, 0) is 11.3 Å². The molecule has 94 valence electrons. The van der Waals surface area contributed by atoms with Crippen LogP contribution in [0.4, 0.5) is 0 Å². The summed E-state index contributed by atoms with van der Waals surface area (Å²) in [5.74, 6) is -0.721. The zero-order valence-corrected chi connectivity index (χ0v) is 10.8. The number of aryl methyl sites for hydroxylation is 1. The van der Waals surface area contributed by atoms with Gasteiger partial charge in [-0.05, 0) is 18.8 Å². The van der Waals surface area contributed by atoms with E-state index in [0.29, 0.717) is 6.42 Å². The smallest absolute Gasteiger partial charge is 0.310 e. The van der Waals surface area contributed by atoms with Crippen LogP contribution in [-0.4, -0.2) is 26.1 Å². The van der Waals surface area contributed by atoms with E-state index < -0.39 is 11.4 Å². The van der Waals surface area contributed by atoms with E-state index in [9.17, 15) is 9.90 Å². The van der Waals surface area contributed by atoms with Crippen molar-refractivity contribution in [1.29, 1.82) is 0 Å². The predicted octanol–water partition coefficient (Wildman–Crippen LogP) is 1.90. The summed E-state index contributed by atoms with van der Waals surface area (Å²) in [5.41, 5.74) is -0.134. The van der Waals surface area contributed by atoms with Gasteiger partial charge in [-0.1, -0.05) is 26.0 Å².